The molecule has 1 aliphatic rings. The molecule has 0 atom stereocenters. The fourth-order valence-corrected chi connectivity index (χ4v) is 1.66. The van der Waals surface area contributed by atoms with Gasteiger partial charge in [0.15, 0.2) is 6.29 Å². The van der Waals surface area contributed by atoms with Gasteiger partial charge in [0.25, 0.3) is 0 Å². The van der Waals surface area contributed by atoms with Crippen LogP contribution < -0.4 is 0 Å². The zero-order chi connectivity index (χ0) is 8.81. The lowest BCUT2D eigenvalue weighted by Crippen LogP contribution is -2.03. The third-order valence-corrected chi connectivity index (χ3v) is 2.32. The summed E-state index contributed by atoms with van der Waals surface area (Å²) in [5.74, 6) is 0.471. The van der Waals surface area contributed by atoms with Gasteiger partial charge in [-0.1, -0.05) is 25.3 Å². The van der Waals surface area contributed by atoms with Gasteiger partial charge in [0, 0.05) is 0 Å². The van der Waals surface area contributed by atoms with Gasteiger partial charge in [-0.25, -0.2) is 0 Å². The summed E-state index contributed by atoms with van der Waals surface area (Å²) >= 11 is 0. The number of carbonyl (C=O) groups excluding carboxylic acids is 1. The summed E-state index contributed by atoms with van der Waals surface area (Å²) in [5, 5.41) is 8.51. The molecular weight excluding hydrogens is 150 g/mol. The van der Waals surface area contributed by atoms with Crippen molar-refractivity contribution in [2.45, 2.75) is 32.1 Å². The summed E-state index contributed by atoms with van der Waals surface area (Å²) in [7, 11) is 0. The first-order valence-electron chi connectivity index (χ1n) is 4.44. The van der Waals surface area contributed by atoms with Crippen molar-refractivity contribution in [3.8, 4) is 6.07 Å². The second-order valence-electron chi connectivity index (χ2n) is 3.25. The van der Waals surface area contributed by atoms with Gasteiger partial charge in [0.05, 0.1) is 5.57 Å². The fraction of sp³-hybridized carbons (Fsp3) is 0.600. The van der Waals surface area contributed by atoms with Crippen LogP contribution in [0.3, 0.4) is 0 Å². The van der Waals surface area contributed by atoms with Crippen LogP contribution in [0.4, 0.5) is 0 Å². The molecule has 0 radical (unpaired) electrons. The van der Waals surface area contributed by atoms with E-state index in [1.54, 1.807) is 0 Å². The number of allylic oxidation sites excluding steroid dienone is 2. The molecule has 1 aliphatic carbocycles. The molecule has 0 N–H and O–H groups in total. The van der Waals surface area contributed by atoms with Gasteiger partial charge in [-0.05, 0) is 18.8 Å². The molecule has 64 valence electrons. The van der Waals surface area contributed by atoms with E-state index in [2.05, 4.69) is 0 Å². The summed E-state index contributed by atoms with van der Waals surface area (Å²) in [6.07, 6.45) is 8.52. The highest BCUT2D eigenvalue weighted by atomic mass is 16.1. The van der Waals surface area contributed by atoms with E-state index in [-0.39, 0.29) is 0 Å². The maximum absolute atomic E-state index is 10.3. The fourth-order valence-electron chi connectivity index (χ4n) is 1.66. The summed E-state index contributed by atoms with van der Waals surface area (Å²) in [6.45, 7) is 0. The predicted octanol–water partition coefficient (Wildman–Crippen LogP) is 2.22. The Labute approximate surface area is 72.9 Å². The minimum Gasteiger partial charge on any atom is -0.297 e. The monoisotopic (exact) mass is 163 g/mol. The molecule has 0 spiro atoms. The van der Waals surface area contributed by atoms with Crippen LogP contribution in [0.5, 0.6) is 0 Å². The molecule has 0 saturated heterocycles. The first-order chi connectivity index (χ1) is 5.86. The molecule has 1 rings (SSSR count). The van der Waals surface area contributed by atoms with Gasteiger partial charge in [0.1, 0.15) is 6.07 Å². The third kappa shape index (κ3) is 2.50. The van der Waals surface area contributed by atoms with Gasteiger partial charge >= 0.3 is 0 Å². The normalized spacial score (nSPS) is 20.1. The summed E-state index contributed by atoms with van der Waals surface area (Å²) in [5.41, 5.74) is 0.293. The van der Waals surface area contributed by atoms with E-state index in [9.17, 15) is 4.79 Å². The molecule has 0 aromatic heterocycles. The molecule has 0 aromatic carbocycles. The molecule has 0 unspecified atom stereocenters. The summed E-state index contributed by atoms with van der Waals surface area (Å²) in [4.78, 5) is 10.3. The number of nitriles is 1. The zero-order valence-electron chi connectivity index (χ0n) is 7.12. The van der Waals surface area contributed by atoms with Crippen LogP contribution in [-0.4, -0.2) is 6.29 Å². The van der Waals surface area contributed by atoms with Gasteiger partial charge in [-0.2, -0.15) is 5.26 Å². The average Bonchev–Trinajstić information content (AvgIpc) is 2.16. The smallest absolute Gasteiger partial charge is 0.160 e. The van der Waals surface area contributed by atoms with Gasteiger partial charge < -0.3 is 0 Å². The lowest BCUT2D eigenvalue weighted by molar-refractivity contribution is -0.104. The van der Waals surface area contributed by atoms with E-state index in [0.29, 0.717) is 17.8 Å². The number of hydrogen-bond donors (Lipinski definition) is 0. The number of nitrogens with zero attached hydrogens (tertiary/aromatic N) is 1. The molecule has 2 nitrogen and oxygen atoms in total. The van der Waals surface area contributed by atoms with Crippen LogP contribution in [0.2, 0.25) is 0 Å². The Kier molecular flexibility index (Phi) is 3.53. The molecule has 2 heteroatoms. The highest BCUT2D eigenvalue weighted by molar-refractivity contribution is 5.78. The van der Waals surface area contributed by atoms with Gasteiger partial charge in [-0.15, -0.1) is 0 Å². The Hall–Kier alpha value is -1.10. The Morgan fingerprint density at radius 3 is 2.50 bits per heavy atom. The minimum atomic E-state index is 0.293. The standard InChI is InChI=1S/C10H13NO/c11-7-10(8-12)6-9-4-2-1-3-5-9/h6,8-9H,1-5H2/b10-6-. The molecule has 12 heavy (non-hydrogen) atoms. The van der Waals surface area contributed by atoms with Gasteiger partial charge in [0.2, 0.25) is 0 Å². The molecule has 0 aromatic rings. The number of carbonyl (C=O) groups is 1. The molecule has 0 bridgehead atoms. The van der Waals surface area contributed by atoms with E-state index in [4.69, 9.17) is 5.26 Å². The Morgan fingerprint density at radius 2 is 2.00 bits per heavy atom. The first-order valence-corrected chi connectivity index (χ1v) is 4.44. The second-order valence-corrected chi connectivity index (χ2v) is 3.25. The van der Waals surface area contributed by atoms with Crippen LogP contribution in [-0.2, 0) is 4.79 Å². The lowest BCUT2D eigenvalue weighted by atomic mass is 9.88. The van der Waals surface area contributed by atoms with Crippen molar-refractivity contribution in [2.24, 2.45) is 5.92 Å². The zero-order valence-corrected chi connectivity index (χ0v) is 7.12. The maximum Gasteiger partial charge on any atom is 0.160 e. The highest BCUT2D eigenvalue weighted by Crippen LogP contribution is 2.25. The number of rotatable bonds is 2. The topological polar surface area (TPSA) is 40.9 Å². The van der Waals surface area contributed by atoms with E-state index < -0.39 is 0 Å². The van der Waals surface area contributed by atoms with Crippen LogP contribution in [0.1, 0.15) is 32.1 Å². The average molecular weight is 163 g/mol. The van der Waals surface area contributed by atoms with Crippen LogP contribution >= 0.6 is 0 Å². The van der Waals surface area contributed by atoms with E-state index in [1.165, 1.54) is 19.3 Å². The van der Waals surface area contributed by atoms with Crippen molar-refractivity contribution in [3.63, 3.8) is 0 Å². The third-order valence-electron chi connectivity index (χ3n) is 2.32. The van der Waals surface area contributed by atoms with Gasteiger partial charge in [-0.3, -0.25) is 4.79 Å². The SMILES string of the molecule is N#C/C(C=O)=C/C1CCCCC1. The lowest BCUT2D eigenvalue weighted by Gasteiger charge is -2.17. The largest absolute Gasteiger partial charge is 0.297 e. The number of aldehydes is 1. The Bertz CT molecular complexity index is 218. The van der Waals surface area contributed by atoms with Crippen LogP contribution in [0, 0.1) is 17.2 Å². The van der Waals surface area contributed by atoms with Crippen LogP contribution in [0.25, 0.3) is 0 Å². The number of hydrogen-bond acceptors (Lipinski definition) is 2. The summed E-state index contributed by atoms with van der Waals surface area (Å²) in [6, 6.07) is 1.89. The predicted molar refractivity (Wildman–Crippen MR) is 46.3 cm³/mol. The Balaban J connectivity index is 2.52. The van der Waals surface area contributed by atoms with Crippen molar-refractivity contribution >= 4 is 6.29 Å². The molecule has 0 amide bonds. The molecule has 0 aliphatic heterocycles. The van der Waals surface area contributed by atoms with Crippen molar-refractivity contribution in [1.82, 2.24) is 0 Å². The summed E-state index contributed by atoms with van der Waals surface area (Å²) < 4.78 is 0. The molecule has 1 saturated carbocycles. The van der Waals surface area contributed by atoms with Crippen molar-refractivity contribution in [3.05, 3.63) is 11.6 Å². The second kappa shape index (κ2) is 4.71. The Morgan fingerprint density at radius 1 is 1.33 bits per heavy atom. The highest BCUT2D eigenvalue weighted by Gasteiger charge is 2.11. The van der Waals surface area contributed by atoms with Crippen molar-refractivity contribution < 1.29 is 4.79 Å². The van der Waals surface area contributed by atoms with Crippen molar-refractivity contribution in [2.75, 3.05) is 0 Å². The maximum atomic E-state index is 10.3. The molecule has 0 heterocycles. The molecular formula is C10H13NO. The van der Waals surface area contributed by atoms with E-state index in [0.717, 1.165) is 12.8 Å². The van der Waals surface area contributed by atoms with E-state index in [1.807, 2.05) is 12.1 Å². The van der Waals surface area contributed by atoms with Crippen LogP contribution in [0.15, 0.2) is 11.6 Å². The van der Waals surface area contributed by atoms with Crippen molar-refractivity contribution in [1.29, 1.82) is 5.26 Å². The first kappa shape index (κ1) is 8.99. The quantitative estimate of drug-likeness (QED) is 0.356. The molecule has 1 fully saturated rings. The van der Waals surface area contributed by atoms with E-state index >= 15 is 0 Å². The minimum absolute atomic E-state index is 0.293.